The number of methoxy groups -OCH3 is 1. The van der Waals surface area contributed by atoms with Crippen molar-refractivity contribution in [1.29, 1.82) is 0 Å². The van der Waals surface area contributed by atoms with Gasteiger partial charge in [-0.15, -0.1) is 11.8 Å². The lowest BCUT2D eigenvalue weighted by atomic mass is 9.95. The van der Waals surface area contributed by atoms with E-state index in [0.717, 1.165) is 58.3 Å². The molecule has 0 N–H and O–H groups in total. The summed E-state index contributed by atoms with van der Waals surface area (Å²) in [4.78, 5) is 25.7. The Morgan fingerprint density at radius 3 is 2.61 bits per heavy atom. The van der Waals surface area contributed by atoms with Crippen LogP contribution in [-0.4, -0.2) is 56.4 Å². The van der Waals surface area contributed by atoms with Crippen LogP contribution in [0.5, 0.6) is 5.75 Å². The van der Waals surface area contributed by atoms with Gasteiger partial charge in [0.05, 0.1) is 23.3 Å². The maximum atomic E-state index is 13.8. The highest BCUT2D eigenvalue weighted by molar-refractivity contribution is 7.98. The van der Waals surface area contributed by atoms with E-state index in [0.29, 0.717) is 35.0 Å². The predicted octanol–water partition coefficient (Wildman–Crippen LogP) is 7.52. The largest absolute Gasteiger partial charge is 0.494 e. The summed E-state index contributed by atoms with van der Waals surface area (Å²) >= 11 is 1.66. The molecule has 3 aliphatic rings. The van der Waals surface area contributed by atoms with Gasteiger partial charge in [-0.05, 0) is 91.5 Å². The minimum absolute atomic E-state index is 0.0941. The van der Waals surface area contributed by atoms with E-state index in [9.17, 15) is 4.79 Å². The summed E-state index contributed by atoms with van der Waals surface area (Å²) in [7, 11) is 3.74. The molecule has 1 amide bonds. The number of aryl methyl sites for hydroxylation is 1. The Hall–Kier alpha value is -3.78. The van der Waals surface area contributed by atoms with Crippen LogP contribution in [0.15, 0.2) is 59.8 Å². The third-order valence-corrected chi connectivity index (χ3v) is 11.0. The number of carbonyl (C=O) groups is 1. The van der Waals surface area contributed by atoms with Crippen molar-refractivity contribution in [1.82, 2.24) is 24.0 Å². The molecule has 1 aliphatic heterocycles. The smallest absolute Gasteiger partial charge is 0.254 e. The molecule has 4 heterocycles. The van der Waals surface area contributed by atoms with Gasteiger partial charge in [-0.3, -0.25) is 4.79 Å². The Kier molecular flexibility index (Phi) is 6.74. The number of piperidine rings is 1. The number of hydrogen-bond donors (Lipinski definition) is 0. The summed E-state index contributed by atoms with van der Waals surface area (Å²) in [6, 6.07) is 17.1. The Morgan fingerprint density at radius 2 is 1.89 bits per heavy atom. The van der Waals surface area contributed by atoms with E-state index in [2.05, 4.69) is 69.4 Å². The van der Waals surface area contributed by atoms with Gasteiger partial charge in [0, 0.05) is 54.9 Å². The first kappa shape index (κ1) is 27.7. The molecular formula is C36H39N5O2S. The van der Waals surface area contributed by atoms with E-state index in [-0.39, 0.29) is 5.91 Å². The first-order valence-corrected chi connectivity index (χ1v) is 17.1. The molecule has 3 aromatic heterocycles. The fourth-order valence-electron chi connectivity index (χ4n) is 7.76. The van der Waals surface area contributed by atoms with Gasteiger partial charge in [-0.2, -0.15) is 0 Å². The summed E-state index contributed by atoms with van der Waals surface area (Å²) in [5.41, 5.74) is 6.95. The SMILES string of the molecule is COc1cc(C(=O)N2CC3CC(C2)[C@@H](C)C3)cc2nc(-c3cc4ccc(-c5ccc(SC)nc5)cc4n3CC3CC3)n(C)c12. The van der Waals surface area contributed by atoms with Crippen LogP contribution < -0.4 is 4.74 Å². The summed E-state index contributed by atoms with van der Waals surface area (Å²) in [6.45, 7) is 5.01. The van der Waals surface area contributed by atoms with Crippen molar-refractivity contribution in [2.75, 3.05) is 26.5 Å². The molecule has 0 radical (unpaired) electrons. The molecule has 0 spiro atoms. The van der Waals surface area contributed by atoms with Gasteiger partial charge in [0.15, 0.2) is 5.82 Å². The van der Waals surface area contributed by atoms with Gasteiger partial charge >= 0.3 is 0 Å². The third kappa shape index (κ3) is 4.69. The Morgan fingerprint density at radius 1 is 1.05 bits per heavy atom. The van der Waals surface area contributed by atoms with Gasteiger partial charge < -0.3 is 18.8 Å². The number of carbonyl (C=O) groups excluding carboxylic acids is 1. The molecule has 2 aliphatic carbocycles. The van der Waals surface area contributed by atoms with Crippen molar-refractivity contribution >= 4 is 39.6 Å². The van der Waals surface area contributed by atoms with Crippen LogP contribution in [0, 0.1) is 23.7 Å². The zero-order chi connectivity index (χ0) is 30.1. The number of benzene rings is 2. The van der Waals surface area contributed by atoms with Crippen molar-refractivity contribution in [3.63, 3.8) is 0 Å². The van der Waals surface area contributed by atoms with Crippen LogP contribution in [0.4, 0.5) is 0 Å². The predicted molar refractivity (Wildman–Crippen MR) is 177 cm³/mol. The molecule has 8 rings (SSSR count). The average molecular weight is 606 g/mol. The van der Waals surface area contributed by atoms with Crippen molar-refractivity contribution in [3.05, 3.63) is 60.3 Å². The van der Waals surface area contributed by atoms with Crippen LogP contribution in [0.3, 0.4) is 0 Å². The minimum atomic E-state index is 0.0941. The summed E-state index contributed by atoms with van der Waals surface area (Å²) < 4.78 is 10.5. The fourth-order valence-corrected chi connectivity index (χ4v) is 8.12. The van der Waals surface area contributed by atoms with Crippen molar-refractivity contribution in [2.45, 2.75) is 44.2 Å². The molecule has 7 nitrogen and oxygen atoms in total. The first-order chi connectivity index (χ1) is 21.4. The second kappa shape index (κ2) is 10.7. The molecule has 5 aromatic rings. The molecule has 8 heteroatoms. The molecule has 44 heavy (non-hydrogen) atoms. The van der Waals surface area contributed by atoms with E-state index >= 15 is 0 Å². The maximum absolute atomic E-state index is 13.8. The number of rotatable bonds is 7. The van der Waals surface area contributed by atoms with Crippen molar-refractivity contribution < 1.29 is 9.53 Å². The number of ether oxygens (including phenoxy) is 1. The number of hydrogen-bond acceptors (Lipinski definition) is 5. The van der Waals surface area contributed by atoms with Gasteiger partial charge in [0.25, 0.3) is 5.91 Å². The van der Waals surface area contributed by atoms with E-state index < -0.39 is 0 Å². The fraction of sp³-hybridized carbons (Fsp3) is 0.417. The van der Waals surface area contributed by atoms with Gasteiger partial charge in [0.2, 0.25) is 0 Å². The number of nitrogens with zero attached hydrogens (tertiary/aromatic N) is 5. The molecule has 226 valence electrons. The number of pyridine rings is 1. The second-order valence-corrected chi connectivity index (χ2v) is 14.1. The van der Waals surface area contributed by atoms with E-state index in [4.69, 9.17) is 9.72 Å². The molecule has 2 aromatic carbocycles. The standard InChI is InChI=1S/C36H39N5O2S/c1-21-11-23-12-28(21)20-40(18-23)36(42)27-13-29-34(32(16-27)43-3)39(2)35(38-29)31-15-25-8-7-24(26-9-10-33(44-4)37-17-26)14-30(25)41(31)19-22-5-6-22/h7-10,13-17,21-23,28H,5-6,11-12,18-20H2,1-4H3/t21-,23?,28?/m0/s1. The highest BCUT2D eigenvalue weighted by Gasteiger charge is 2.39. The number of thioether (sulfide) groups is 1. The molecular weight excluding hydrogens is 566 g/mol. The summed E-state index contributed by atoms with van der Waals surface area (Å²) in [5.74, 6) is 4.29. The summed E-state index contributed by atoms with van der Waals surface area (Å²) in [5, 5.41) is 2.22. The number of aromatic nitrogens is 4. The quantitative estimate of drug-likeness (QED) is 0.180. The van der Waals surface area contributed by atoms with Crippen molar-refractivity contribution in [2.24, 2.45) is 30.7 Å². The normalized spacial score (nSPS) is 21.5. The molecule has 1 saturated heterocycles. The number of imidazole rings is 1. The molecule has 2 saturated carbocycles. The average Bonchev–Trinajstić information content (AvgIpc) is 3.64. The van der Waals surface area contributed by atoms with Crippen LogP contribution in [-0.2, 0) is 13.6 Å². The topological polar surface area (TPSA) is 65.2 Å². The lowest BCUT2D eigenvalue weighted by molar-refractivity contribution is 0.0653. The second-order valence-electron chi connectivity index (χ2n) is 13.3. The lowest BCUT2D eigenvalue weighted by Crippen LogP contribution is -2.41. The third-order valence-electron chi connectivity index (χ3n) is 10.3. The lowest BCUT2D eigenvalue weighted by Gasteiger charge is -2.32. The zero-order valence-electron chi connectivity index (χ0n) is 25.9. The summed E-state index contributed by atoms with van der Waals surface area (Å²) in [6.07, 6.45) is 9.03. The molecule has 3 atom stereocenters. The van der Waals surface area contributed by atoms with Crippen LogP contribution in [0.1, 0.15) is 43.0 Å². The highest BCUT2D eigenvalue weighted by atomic mass is 32.2. The van der Waals surface area contributed by atoms with Gasteiger partial charge in [-0.1, -0.05) is 25.1 Å². The Bertz CT molecular complexity index is 1900. The van der Waals surface area contributed by atoms with E-state index in [1.165, 1.54) is 36.6 Å². The van der Waals surface area contributed by atoms with Crippen LogP contribution in [0.25, 0.3) is 44.6 Å². The highest BCUT2D eigenvalue weighted by Crippen LogP contribution is 2.42. The van der Waals surface area contributed by atoms with Crippen LogP contribution in [0.2, 0.25) is 0 Å². The zero-order valence-corrected chi connectivity index (χ0v) is 26.7. The number of amides is 1. The first-order valence-electron chi connectivity index (χ1n) is 15.9. The molecule has 2 bridgehead atoms. The van der Waals surface area contributed by atoms with Crippen molar-refractivity contribution in [3.8, 4) is 28.4 Å². The number of fused-ring (bicyclic) bond motifs is 4. The van der Waals surface area contributed by atoms with Gasteiger partial charge in [-0.25, -0.2) is 9.97 Å². The van der Waals surface area contributed by atoms with E-state index in [1.807, 2.05) is 24.6 Å². The van der Waals surface area contributed by atoms with Crippen LogP contribution >= 0.6 is 11.8 Å². The minimum Gasteiger partial charge on any atom is -0.494 e. The molecule has 2 unspecified atom stereocenters. The molecule has 3 fully saturated rings. The maximum Gasteiger partial charge on any atom is 0.254 e. The Balaban J connectivity index is 1.21. The Labute approximate surface area is 262 Å². The van der Waals surface area contributed by atoms with Gasteiger partial charge in [0.1, 0.15) is 11.3 Å². The monoisotopic (exact) mass is 605 g/mol. The van der Waals surface area contributed by atoms with E-state index in [1.54, 1.807) is 18.9 Å². The number of likely N-dealkylation sites (tertiary alicyclic amines) is 1.